The molecule has 0 spiro atoms. The van der Waals surface area contributed by atoms with Gasteiger partial charge in [0, 0.05) is 13.2 Å². The first-order chi connectivity index (χ1) is 9.75. The highest BCUT2D eigenvalue weighted by Crippen LogP contribution is 2.33. The maximum absolute atomic E-state index is 6.50. The minimum Gasteiger partial charge on any atom is -0.377 e. The molecule has 0 radical (unpaired) electrons. The highest BCUT2D eigenvalue weighted by atomic mass is 16.5. The van der Waals surface area contributed by atoms with Crippen molar-refractivity contribution in [1.29, 1.82) is 0 Å². The molecule has 0 heterocycles. The van der Waals surface area contributed by atoms with Gasteiger partial charge in [-0.2, -0.15) is 0 Å². The van der Waals surface area contributed by atoms with Crippen molar-refractivity contribution in [3.8, 4) is 0 Å². The van der Waals surface area contributed by atoms with E-state index >= 15 is 0 Å². The summed E-state index contributed by atoms with van der Waals surface area (Å²) in [4.78, 5) is 0. The van der Waals surface area contributed by atoms with Crippen molar-refractivity contribution in [3.63, 3.8) is 0 Å². The van der Waals surface area contributed by atoms with Crippen LogP contribution in [-0.2, 0) is 4.74 Å². The van der Waals surface area contributed by atoms with Gasteiger partial charge in [0.05, 0.1) is 5.60 Å². The third kappa shape index (κ3) is 6.13. The summed E-state index contributed by atoms with van der Waals surface area (Å²) < 4.78 is 5.91. The molecule has 120 valence electrons. The Bertz CT molecular complexity index is 221. The van der Waals surface area contributed by atoms with Crippen LogP contribution in [0.25, 0.3) is 0 Å². The lowest BCUT2D eigenvalue weighted by Crippen LogP contribution is -2.49. The van der Waals surface area contributed by atoms with Crippen LogP contribution in [0.15, 0.2) is 0 Å². The van der Waals surface area contributed by atoms with E-state index in [1.54, 1.807) is 0 Å². The second-order valence-corrected chi connectivity index (χ2v) is 6.70. The second kappa shape index (κ2) is 10.6. The summed E-state index contributed by atoms with van der Waals surface area (Å²) in [6.45, 7) is 2.27. The van der Waals surface area contributed by atoms with Gasteiger partial charge in [0.1, 0.15) is 0 Å². The molecular weight excluding hydrogens is 246 g/mol. The van der Waals surface area contributed by atoms with Gasteiger partial charge in [-0.3, -0.25) is 0 Å². The van der Waals surface area contributed by atoms with E-state index in [9.17, 15) is 0 Å². The maximum atomic E-state index is 6.50. The standard InChI is InChI=1S/C18H37NO/c1-3-4-5-6-7-8-11-14-17(19)18(20-2)15-12-9-10-13-16-18/h17H,3-16,19H2,1-2H3. The molecule has 1 fully saturated rings. The molecule has 1 saturated carbocycles. The normalized spacial score (nSPS) is 20.6. The monoisotopic (exact) mass is 283 g/mol. The molecule has 0 amide bonds. The van der Waals surface area contributed by atoms with Crippen LogP contribution in [0.3, 0.4) is 0 Å². The van der Waals surface area contributed by atoms with Crippen LogP contribution < -0.4 is 5.73 Å². The lowest BCUT2D eigenvalue weighted by molar-refractivity contribution is -0.0454. The van der Waals surface area contributed by atoms with Gasteiger partial charge in [0.15, 0.2) is 0 Å². The fraction of sp³-hybridized carbons (Fsp3) is 1.00. The molecule has 1 aliphatic rings. The molecule has 2 heteroatoms. The van der Waals surface area contributed by atoms with Crippen molar-refractivity contribution in [1.82, 2.24) is 0 Å². The van der Waals surface area contributed by atoms with Gasteiger partial charge >= 0.3 is 0 Å². The van der Waals surface area contributed by atoms with E-state index in [4.69, 9.17) is 10.5 Å². The average molecular weight is 284 g/mol. The van der Waals surface area contributed by atoms with Crippen molar-refractivity contribution >= 4 is 0 Å². The van der Waals surface area contributed by atoms with Gasteiger partial charge in [-0.05, 0) is 19.3 Å². The molecule has 1 rings (SSSR count). The predicted octanol–water partition coefficient (Wildman–Crippen LogP) is 5.19. The summed E-state index contributed by atoms with van der Waals surface area (Å²) in [5.74, 6) is 0. The number of methoxy groups -OCH3 is 1. The SMILES string of the molecule is CCCCCCCCCC(N)C1(OC)CCCCCC1. The van der Waals surface area contributed by atoms with Crippen LogP contribution >= 0.6 is 0 Å². The third-order valence-corrected chi connectivity index (χ3v) is 5.15. The molecule has 0 saturated heterocycles. The summed E-state index contributed by atoms with van der Waals surface area (Å²) in [6.07, 6.45) is 18.3. The van der Waals surface area contributed by atoms with Gasteiger partial charge in [-0.1, -0.05) is 77.6 Å². The zero-order chi connectivity index (χ0) is 14.7. The zero-order valence-electron chi connectivity index (χ0n) is 14.0. The fourth-order valence-electron chi connectivity index (χ4n) is 3.64. The molecule has 0 bridgehead atoms. The maximum Gasteiger partial charge on any atom is 0.0828 e. The van der Waals surface area contributed by atoms with Gasteiger partial charge < -0.3 is 10.5 Å². The molecule has 0 aliphatic heterocycles. The van der Waals surface area contributed by atoms with Crippen molar-refractivity contribution in [3.05, 3.63) is 0 Å². The lowest BCUT2D eigenvalue weighted by atomic mass is 9.84. The summed E-state index contributed by atoms with van der Waals surface area (Å²) >= 11 is 0. The predicted molar refractivity (Wildman–Crippen MR) is 88.0 cm³/mol. The highest BCUT2D eigenvalue weighted by Gasteiger charge is 2.36. The Kier molecular flexibility index (Phi) is 9.54. The molecule has 1 atom stereocenters. The number of unbranched alkanes of at least 4 members (excludes halogenated alkanes) is 6. The van der Waals surface area contributed by atoms with Crippen LogP contribution in [0.4, 0.5) is 0 Å². The fourth-order valence-corrected chi connectivity index (χ4v) is 3.64. The number of ether oxygens (including phenoxy) is 1. The van der Waals surface area contributed by atoms with Gasteiger partial charge in [0.25, 0.3) is 0 Å². The second-order valence-electron chi connectivity index (χ2n) is 6.70. The Balaban J connectivity index is 2.20. The molecule has 1 aliphatic carbocycles. The molecule has 2 N–H and O–H groups in total. The topological polar surface area (TPSA) is 35.2 Å². The van der Waals surface area contributed by atoms with Crippen molar-refractivity contribution < 1.29 is 4.74 Å². The van der Waals surface area contributed by atoms with Crippen LogP contribution in [0.5, 0.6) is 0 Å². The van der Waals surface area contributed by atoms with Gasteiger partial charge in [-0.15, -0.1) is 0 Å². The summed E-state index contributed by atoms with van der Waals surface area (Å²) in [5.41, 5.74) is 6.49. The molecule has 0 aromatic heterocycles. The first-order valence-corrected chi connectivity index (χ1v) is 9.06. The molecule has 1 unspecified atom stereocenters. The Morgan fingerprint density at radius 3 is 2.00 bits per heavy atom. The van der Waals surface area contributed by atoms with E-state index in [-0.39, 0.29) is 11.6 Å². The first kappa shape index (κ1) is 18.0. The Morgan fingerprint density at radius 2 is 1.45 bits per heavy atom. The quantitative estimate of drug-likeness (QED) is 0.442. The first-order valence-electron chi connectivity index (χ1n) is 9.06. The summed E-state index contributed by atoms with van der Waals surface area (Å²) in [7, 11) is 1.87. The number of hydrogen-bond donors (Lipinski definition) is 1. The van der Waals surface area contributed by atoms with E-state index < -0.39 is 0 Å². The summed E-state index contributed by atoms with van der Waals surface area (Å²) in [6, 6.07) is 0.237. The van der Waals surface area contributed by atoms with Gasteiger partial charge in [-0.25, -0.2) is 0 Å². The van der Waals surface area contributed by atoms with Crippen LogP contribution in [0.2, 0.25) is 0 Å². The molecular formula is C18H37NO. The number of nitrogens with two attached hydrogens (primary N) is 1. The molecule has 0 aromatic rings. The van der Waals surface area contributed by atoms with E-state index in [2.05, 4.69) is 6.92 Å². The Labute approximate surface area is 126 Å². The number of rotatable bonds is 10. The molecule has 20 heavy (non-hydrogen) atoms. The van der Waals surface area contributed by atoms with Crippen molar-refractivity contribution in [2.45, 2.75) is 108 Å². The third-order valence-electron chi connectivity index (χ3n) is 5.15. The van der Waals surface area contributed by atoms with E-state index in [1.165, 1.54) is 83.5 Å². The van der Waals surface area contributed by atoms with E-state index in [0.717, 1.165) is 6.42 Å². The summed E-state index contributed by atoms with van der Waals surface area (Å²) in [5, 5.41) is 0. The van der Waals surface area contributed by atoms with Crippen molar-refractivity contribution in [2.75, 3.05) is 7.11 Å². The van der Waals surface area contributed by atoms with Crippen LogP contribution in [0, 0.1) is 0 Å². The molecule has 0 aromatic carbocycles. The minimum atomic E-state index is -0.0152. The van der Waals surface area contributed by atoms with E-state index in [0.29, 0.717) is 0 Å². The average Bonchev–Trinajstić information content (AvgIpc) is 2.72. The largest absolute Gasteiger partial charge is 0.377 e. The van der Waals surface area contributed by atoms with E-state index in [1.807, 2.05) is 7.11 Å². The van der Waals surface area contributed by atoms with Gasteiger partial charge in [0.2, 0.25) is 0 Å². The highest BCUT2D eigenvalue weighted by molar-refractivity contribution is 4.92. The van der Waals surface area contributed by atoms with Crippen LogP contribution in [-0.4, -0.2) is 18.8 Å². The van der Waals surface area contributed by atoms with Crippen molar-refractivity contribution in [2.24, 2.45) is 5.73 Å². The lowest BCUT2D eigenvalue weighted by Gasteiger charge is -2.37. The smallest absolute Gasteiger partial charge is 0.0828 e. The zero-order valence-corrected chi connectivity index (χ0v) is 14.0. The van der Waals surface area contributed by atoms with Crippen LogP contribution in [0.1, 0.15) is 96.8 Å². The number of hydrogen-bond acceptors (Lipinski definition) is 2. The minimum absolute atomic E-state index is 0.0152. The Morgan fingerprint density at radius 1 is 0.900 bits per heavy atom. The molecule has 2 nitrogen and oxygen atoms in total. The Hall–Kier alpha value is -0.0800.